The van der Waals surface area contributed by atoms with Crippen LogP contribution in [0.2, 0.25) is 0 Å². The summed E-state index contributed by atoms with van der Waals surface area (Å²) in [5.74, 6) is 0.837. The quantitative estimate of drug-likeness (QED) is 0.720. The fourth-order valence-electron chi connectivity index (χ4n) is 1.84. The molecule has 3 nitrogen and oxygen atoms in total. The molecule has 3 heteroatoms. The first-order valence-electron chi connectivity index (χ1n) is 5.43. The van der Waals surface area contributed by atoms with Crippen molar-refractivity contribution in [1.82, 2.24) is 10.2 Å². The number of rotatable bonds is 2. The predicted molar refractivity (Wildman–Crippen MR) is 58.1 cm³/mol. The highest BCUT2D eigenvalue weighted by Gasteiger charge is 2.33. The Morgan fingerprint density at radius 2 is 2.14 bits per heavy atom. The highest BCUT2D eigenvalue weighted by Crippen LogP contribution is 2.20. The van der Waals surface area contributed by atoms with Crippen molar-refractivity contribution < 1.29 is 4.79 Å². The summed E-state index contributed by atoms with van der Waals surface area (Å²) >= 11 is 0. The third kappa shape index (κ3) is 2.71. The van der Waals surface area contributed by atoms with E-state index in [1.54, 1.807) is 0 Å². The molecule has 1 aliphatic heterocycles. The Bertz CT molecular complexity index is 211. The molecule has 0 spiro atoms. The van der Waals surface area contributed by atoms with E-state index < -0.39 is 0 Å². The molecular formula is C11H22N2O. The minimum Gasteiger partial charge on any atom is -0.341 e. The average molecular weight is 198 g/mol. The first kappa shape index (κ1) is 11.5. The van der Waals surface area contributed by atoms with E-state index in [0.717, 1.165) is 26.2 Å². The van der Waals surface area contributed by atoms with Gasteiger partial charge in [-0.3, -0.25) is 4.79 Å². The van der Waals surface area contributed by atoms with Crippen LogP contribution in [0.5, 0.6) is 0 Å². The number of amides is 1. The van der Waals surface area contributed by atoms with E-state index in [1.807, 2.05) is 18.7 Å². The summed E-state index contributed by atoms with van der Waals surface area (Å²) < 4.78 is 0. The Kier molecular flexibility index (Phi) is 3.53. The molecule has 0 aromatic heterocycles. The van der Waals surface area contributed by atoms with E-state index in [2.05, 4.69) is 19.2 Å². The molecule has 1 heterocycles. The molecule has 0 radical (unpaired) electrons. The van der Waals surface area contributed by atoms with Crippen molar-refractivity contribution in [3.8, 4) is 0 Å². The predicted octanol–water partition coefficient (Wildman–Crippen LogP) is 1.10. The SMILES string of the molecule is CC(C)CN1CCNCC(C)(C)C1=O. The smallest absolute Gasteiger partial charge is 0.229 e. The normalized spacial score (nSPS) is 22.6. The molecule has 1 saturated heterocycles. The van der Waals surface area contributed by atoms with Crippen molar-refractivity contribution >= 4 is 5.91 Å². The fraction of sp³-hybridized carbons (Fsp3) is 0.909. The Morgan fingerprint density at radius 1 is 1.50 bits per heavy atom. The molecule has 82 valence electrons. The fourth-order valence-corrected chi connectivity index (χ4v) is 1.84. The summed E-state index contributed by atoms with van der Waals surface area (Å²) in [6.07, 6.45) is 0. The molecule has 0 aromatic carbocycles. The van der Waals surface area contributed by atoms with Crippen molar-refractivity contribution in [1.29, 1.82) is 0 Å². The van der Waals surface area contributed by atoms with Gasteiger partial charge in [0.1, 0.15) is 0 Å². The molecule has 0 aliphatic carbocycles. The van der Waals surface area contributed by atoms with Crippen LogP contribution >= 0.6 is 0 Å². The van der Waals surface area contributed by atoms with Crippen molar-refractivity contribution in [3.63, 3.8) is 0 Å². The van der Waals surface area contributed by atoms with Gasteiger partial charge in [-0.05, 0) is 19.8 Å². The lowest BCUT2D eigenvalue weighted by atomic mass is 9.92. The van der Waals surface area contributed by atoms with Gasteiger partial charge in [-0.25, -0.2) is 0 Å². The second-order valence-corrected chi connectivity index (χ2v) is 5.21. The zero-order valence-electron chi connectivity index (χ0n) is 9.76. The first-order chi connectivity index (χ1) is 6.43. The minimum atomic E-state index is -0.245. The van der Waals surface area contributed by atoms with Crippen LogP contribution in [-0.4, -0.2) is 37.0 Å². The van der Waals surface area contributed by atoms with Crippen LogP contribution in [0.3, 0.4) is 0 Å². The number of nitrogens with zero attached hydrogens (tertiary/aromatic N) is 1. The Hall–Kier alpha value is -0.570. The third-order valence-corrected chi connectivity index (χ3v) is 2.58. The van der Waals surface area contributed by atoms with Crippen LogP contribution < -0.4 is 5.32 Å². The topological polar surface area (TPSA) is 32.3 Å². The second kappa shape index (κ2) is 4.30. The van der Waals surface area contributed by atoms with Crippen LogP contribution in [0.15, 0.2) is 0 Å². The van der Waals surface area contributed by atoms with Crippen LogP contribution in [0.25, 0.3) is 0 Å². The molecule has 0 aromatic rings. The number of hydrogen-bond donors (Lipinski definition) is 1. The van der Waals surface area contributed by atoms with Crippen molar-refractivity contribution in [2.45, 2.75) is 27.7 Å². The first-order valence-corrected chi connectivity index (χ1v) is 5.43. The molecule has 0 bridgehead atoms. The molecule has 1 amide bonds. The molecule has 0 saturated carbocycles. The van der Waals surface area contributed by atoms with Gasteiger partial charge in [0.05, 0.1) is 5.41 Å². The monoisotopic (exact) mass is 198 g/mol. The summed E-state index contributed by atoms with van der Waals surface area (Å²) in [5, 5.41) is 3.31. The summed E-state index contributed by atoms with van der Waals surface area (Å²) in [5.41, 5.74) is -0.245. The van der Waals surface area contributed by atoms with Crippen LogP contribution in [-0.2, 0) is 4.79 Å². The van der Waals surface area contributed by atoms with Crippen molar-refractivity contribution in [2.24, 2.45) is 11.3 Å². The summed E-state index contributed by atoms with van der Waals surface area (Å²) in [6, 6.07) is 0. The maximum Gasteiger partial charge on any atom is 0.229 e. The van der Waals surface area contributed by atoms with E-state index in [4.69, 9.17) is 0 Å². The number of carbonyl (C=O) groups excluding carboxylic acids is 1. The van der Waals surface area contributed by atoms with Gasteiger partial charge in [0.15, 0.2) is 0 Å². The van der Waals surface area contributed by atoms with Gasteiger partial charge in [0.2, 0.25) is 5.91 Å². The van der Waals surface area contributed by atoms with Gasteiger partial charge in [0.25, 0.3) is 0 Å². The molecule has 1 N–H and O–H groups in total. The minimum absolute atomic E-state index is 0.245. The highest BCUT2D eigenvalue weighted by molar-refractivity contribution is 5.82. The van der Waals surface area contributed by atoms with Crippen LogP contribution in [0.4, 0.5) is 0 Å². The van der Waals surface area contributed by atoms with Gasteiger partial charge in [0, 0.05) is 26.2 Å². The standard InChI is InChI=1S/C11H22N2O/c1-9(2)7-13-6-5-12-8-11(3,4)10(13)14/h9,12H,5-8H2,1-4H3. The van der Waals surface area contributed by atoms with Gasteiger partial charge >= 0.3 is 0 Å². The van der Waals surface area contributed by atoms with E-state index >= 15 is 0 Å². The maximum absolute atomic E-state index is 12.1. The van der Waals surface area contributed by atoms with Crippen molar-refractivity contribution in [2.75, 3.05) is 26.2 Å². The largest absolute Gasteiger partial charge is 0.341 e. The second-order valence-electron chi connectivity index (χ2n) is 5.21. The number of hydrogen-bond acceptors (Lipinski definition) is 2. The molecule has 1 fully saturated rings. The summed E-state index contributed by atoms with van der Waals surface area (Å²) in [4.78, 5) is 14.1. The summed E-state index contributed by atoms with van der Waals surface area (Å²) in [6.45, 7) is 11.8. The lowest BCUT2D eigenvalue weighted by Crippen LogP contribution is -2.43. The van der Waals surface area contributed by atoms with E-state index in [-0.39, 0.29) is 11.3 Å². The summed E-state index contributed by atoms with van der Waals surface area (Å²) in [7, 11) is 0. The maximum atomic E-state index is 12.1. The van der Waals surface area contributed by atoms with Crippen LogP contribution in [0.1, 0.15) is 27.7 Å². The molecule has 1 aliphatic rings. The van der Waals surface area contributed by atoms with E-state index in [0.29, 0.717) is 5.92 Å². The Balaban J connectivity index is 2.69. The van der Waals surface area contributed by atoms with E-state index in [1.165, 1.54) is 0 Å². The third-order valence-electron chi connectivity index (χ3n) is 2.58. The number of carbonyl (C=O) groups is 1. The molecular weight excluding hydrogens is 176 g/mol. The average Bonchev–Trinajstić information content (AvgIpc) is 2.17. The van der Waals surface area contributed by atoms with Crippen molar-refractivity contribution in [3.05, 3.63) is 0 Å². The molecule has 0 unspecified atom stereocenters. The van der Waals surface area contributed by atoms with Crippen LogP contribution in [0, 0.1) is 11.3 Å². The Labute approximate surface area is 86.9 Å². The van der Waals surface area contributed by atoms with Gasteiger partial charge in [-0.2, -0.15) is 0 Å². The van der Waals surface area contributed by atoms with E-state index in [9.17, 15) is 4.79 Å². The molecule has 1 rings (SSSR count). The zero-order chi connectivity index (χ0) is 10.8. The Morgan fingerprint density at radius 3 is 2.71 bits per heavy atom. The van der Waals surface area contributed by atoms with Gasteiger partial charge in [-0.1, -0.05) is 13.8 Å². The lowest BCUT2D eigenvalue weighted by Gasteiger charge is -2.29. The molecule has 14 heavy (non-hydrogen) atoms. The number of nitrogens with one attached hydrogen (secondary N) is 1. The zero-order valence-corrected chi connectivity index (χ0v) is 9.76. The lowest BCUT2D eigenvalue weighted by molar-refractivity contribution is -0.139. The van der Waals surface area contributed by atoms with Gasteiger partial charge in [-0.15, -0.1) is 0 Å². The van der Waals surface area contributed by atoms with Gasteiger partial charge < -0.3 is 10.2 Å². The molecule has 0 atom stereocenters. The highest BCUT2D eigenvalue weighted by atomic mass is 16.2.